The molecule has 0 aliphatic carbocycles. The summed E-state index contributed by atoms with van der Waals surface area (Å²) >= 11 is 0. The van der Waals surface area contributed by atoms with E-state index in [0.29, 0.717) is 6.54 Å². The first-order chi connectivity index (χ1) is 11.8. The molecule has 0 bridgehead atoms. The predicted octanol–water partition coefficient (Wildman–Crippen LogP) is 3.94. The summed E-state index contributed by atoms with van der Waals surface area (Å²) in [5.74, 6) is 0.814. The Hall–Kier alpha value is -3.21. The van der Waals surface area contributed by atoms with Gasteiger partial charge in [0.15, 0.2) is 0 Å². The molecule has 0 spiro atoms. The molecule has 0 aliphatic rings. The van der Waals surface area contributed by atoms with Gasteiger partial charge in [-0.3, -0.25) is 9.97 Å². The number of hydrogen-bond donors (Lipinski definition) is 2. The van der Waals surface area contributed by atoms with Crippen LogP contribution in [0.15, 0.2) is 61.2 Å². The van der Waals surface area contributed by atoms with Crippen LogP contribution in [0.4, 0.5) is 5.82 Å². The molecule has 4 aromatic rings. The molecule has 0 saturated carbocycles. The standard InChI is InChI=1S/C19H17N5/c1-13-4-2-8-21-18(13)16-10-17(24-19-15(16)6-9-22-19)23-12-14-5-3-7-20-11-14/h2-11H,12H2,1H3,(H2,22,23,24). The second-order valence-electron chi connectivity index (χ2n) is 5.68. The van der Waals surface area contributed by atoms with Gasteiger partial charge in [0.1, 0.15) is 11.5 Å². The van der Waals surface area contributed by atoms with E-state index < -0.39 is 0 Å². The number of pyridine rings is 3. The normalized spacial score (nSPS) is 10.9. The maximum atomic E-state index is 4.65. The van der Waals surface area contributed by atoms with Gasteiger partial charge in [-0.2, -0.15) is 0 Å². The van der Waals surface area contributed by atoms with E-state index in [1.165, 1.54) is 0 Å². The average Bonchev–Trinajstić information content (AvgIpc) is 3.09. The molecule has 5 heteroatoms. The van der Waals surface area contributed by atoms with E-state index in [2.05, 4.69) is 44.3 Å². The number of fused-ring (bicyclic) bond motifs is 1. The van der Waals surface area contributed by atoms with Crippen molar-refractivity contribution < 1.29 is 0 Å². The lowest BCUT2D eigenvalue weighted by Gasteiger charge is -2.10. The van der Waals surface area contributed by atoms with Crippen LogP contribution >= 0.6 is 0 Å². The molecule has 24 heavy (non-hydrogen) atoms. The molecule has 0 unspecified atom stereocenters. The Morgan fingerprint density at radius 1 is 1.12 bits per heavy atom. The lowest BCUT2D eigenvalue weighted by atomic mass is 10.0. The molecule has 0 radical (unpaired) electrons. The SMILES string of the molecule is Cc1cccnc1-c1cc(NCc2cccnc2)nc2[nH]ccc12. The van der Waals surface area contributed by atoms with Crippen molar-refractivity contribution in [3.63, 3.8) is 0 Å². The summed E-state index contributed by atoms with van der Waals surface area (Å²) in [6.45, 7) is 2.75. The van der Waals surface area contributed by atoms with Crippen molar-refractivity contribution in [2.24, 2.45) is 0 Å². The minimum Gasteiger partial charge on any atom is -0.366 e. The van der Waals surface area contributed by atoms with E-state index in [1.54, 1.807) is 6.20 Å². The zero-order chi connectivity index (χ0) is 16.4. The van der Waals surface area contributed by atoms with Crippen LogP contribution in [0.1, 0.15) is 11.1 Å². The molecular formula is C19H17N5. The number of nitrogens with zero attached hydrogens (tertiary/aromatic N) is 3. The summed E-state index contributed by atoms with van der Waals surface area (Å²) in [4.78, 5) is 16.5. The van der Waals surface area contributed by atoms with Gasteiger partial charge in [-0.1, -0.05) is 12.1 Å². The molecule has 4 aromatic heterocycles. The van der Waals surface area contributed by atoms with Crippen LogP contribution in [-0.4, -0.2) is 19.9 Å². The molecule has 0 atom stereocenters. The highest BCUT2D eigenvalue weighted by molar-refractivity contribution is 5.94. The van der Waals surface area contributed by atoms with Crippen molar-refractivity contribution in [3.8, 4) is 11.3 Å². The van der Waals surface area contributed by atoms with Gasteiger partial charge >= 0.3 is 0 Å². The highest BCUT2D eigenvalue weighted by Crippen LogP contribution is 2.30. The van der Waals surface area contributed by atoms with Gasteiger partial charge in [-0.25, -0.2) is 4.98 Å². The summed E-state index contributed by atoms with van der Waals surface area (Å²) < 4.78 is 0. The van der Waals surface area contributed by atoms with Gasteiger partial charge in [0.25, 0.3) is 0 Å². The van der Waals surface area contributed by atoms with Crippen LogP contribution in [0.3, 0.4) is 0 Å². The van der Waals surface area contributed by atoms with Crippen molar-refractivity contribution in [1.29, 1.82) is 0 Å². The number of rotatable bonds is 4. The fraction of sp³-hybridized carbons (Fsp3) is 0.105. The third-order valence-electron chi connectivity index (χ3n) is 3.99. The first kappa shape index (κ1) is 14.4. The number of aromatic amines is 1. The molecule has 0 aromatic carbocycles. The quantitative estimate of drug-likeness (QED) is 0.598. The van der Waals surface area contributed by atoms with E-state index in [9.17, 15) is 0 Å². The van der Waals surface area contributed by atoms with Gasteiger partial charge in [0.05, 0.1) is 5.69 Å². The first-order valence-corrected chi connectivity index (χ1v) is 7.84. The van der Waals surface area contributed by atoms with Crippen LogP contribution in [0.2, 0.25) is 0 Å². The van der Waals surface area contributed by atoms with Crippen molar-refractivity contribution in [2.75, 3.05) is 5.32 Å². The lowest BCUT2D eigenvalue weighted by Crippen LogP contribution is -2.02. The van der Waals surface area contributed by atoms with Crippen molar-refractivity contribution in [3.05, 3.63) is 72.3 Å². The highest BCUT2D eigenvalue weighted by atomic mass is 15.0. The van der Waals surface area contributed by atoms with Crippen molar-refractivity contribution in [2.45, 2.75) is 13.5 Å². The van der Waals surface area contributed by atoms with Gasteiger partial charge < -0.3 is 10.3 Å². The van der Waals surface area contributed by atoms with Crippen LogP contribution in [-0.2, 0) is 6.54 Å². The summed E-state index contributed by atoms with van der Waals surface area (Å²) in [6, 6.07) is 12.1. The van der Waals surface area contributed by atoms with Crippen LogP contribution in [0.5, 0.6) is 0 Å². The largest absolute Gasteiger partial charge is 0.366 e. The monoisotopic (exact) mass is 315 g/mol. The molecule has 0 aliphatic heterocycles. The molecule has 4 rings (SSSR count). The summed E-state index contributed by atoms with van der Waals surface area (Å²) in [5.41, 5.74) is 5.17. The second kappa shape index (κ2) is 6.12. The number of aromatic nitrogens is 4. The van der Waals surface area contributed by atoms with E-state index in [4.69, 9.17) is 0 Å². The maximum absolute atomic E-state index is 4.65. The smallest absolute Gasteiger partial charge is 0.140 e. The van der Waals surface area contributed by atoms with Gasteiger partial charge in [0, 0.05) is 42.3 Å². The Bertz CT molecular complexity index is 975. The number of aryl methyl sites for hydroxylation is 1. The molecule has 2 N–H and O–H groups in total. The first-order valence-electron chi connectivity index (χ1n) is 7.84. The Labute approximate surface area is 139 Å². The molecule has 0 fully saturated rings. The zero-order valence-electron chi connectivity index (χ0n) is 13.3. The maximum Gasteiger partial charge on any atom is 0.140 e. The molecule has 4 heterocycles. The lowest BCUT2D eigenvalue weighted by molar-refractivity contribution is 1.09. The predicted molar refractivity (Wildman–Crippen MR) is 95.6 cm³/mol. The van der Waals surface area contributed by atoms with Crippen LogP contribution in [0, 0.1) is 6.92 Å². The number of H-pyrrole nitrogens is 1. The molecule has 118 valence electrons. The van der Waals surface area contributed by atoms with E-state index in [1.807, 2.05) is 42.9 Å². The average molecular weight is 315 g/mol. The van der Waals surface area contributed by atoms with Crippen LogP contribution in [0.25, 0.3) is 22.3 Å². The Kier molecular flexibility index (Phi) is 3.67. The topological polar surface area (TPSA) is 66.5 Å². The molecule has 0 saturated heterocycles. The van der Waals surface area contributed by atoms with Gasteiger partial charge in [-0.05, 0) is 42.3 Å². The van der Waals surface area contributed by atoms with Crippen molar-refractivity contribution in [1.82, 2.24) is 19.9 Å². The minimum atomic E-state index is 0.674. The fourth-order valence-corrected chi connectivity index (χ4v) is 2.79. The number of nitrogens with one attached hydrogen (secondary N) is 2. The second-order valence-corrected chi connectivity index (χ2v) is 5.68. The third-order valence-corrected chi connectivity index (χ3v) is 3.99. The summed E-state index contributed by atoms with van der Waals surface area (Å²) in [6.07, 6.45) is 7.35. The van der Waals surface area contributed by atoms with E-state index in [0.717, 1.165) is 39.2 Å². The zero-order valence-corrected chi connectivity index (χ0v) is 13.3. The number of hydrogen-bond acceptors (Lipinski definition) is 4. The Morgan fingerprint density at radius 2 is 2.04 bits per heavy atom. The fourth-order valence-electron chi connectivity index (χ4n) is 2.79. The summed E-state index contributed by atoms with van der Waals surface area (Å²) in [7, 11) is 0. The van der Waals surface area contributed by atoms with Crippen LogP contribution < -0.4 is 5.32 Å². The number of anilines is 1. The van der Waals surface area contributed by atoms with Crippen molar-refractivity contribution >= 4 is 16.9 Å². The van der Waals surface area contributed by atoms with E-state index >= 15 is 0 Å². The van der Waals surface area contributed by atoms with E-state index in [-0.39, 0.29) is 0 Å². The summed E-state index contributed by atoms with van der Waals surface area (Å²) in [5, 5.41) is 4.45. The third kappa shape index (κ3) is 2.72. The molecule has 5 nitrogen and oxygen atoms in total. The molecule has 0 amide bonds. The van der Waals surface area contributed by atoms with Gasteiger partial charge in [0.2, 0.25) is 0 Å². The Morgan fingerprint density at radius 3 is 2.88 bits per heavy atom. The van der Waals surface area contributed by atoms with Gasteiger partial charge in [-0.15, -0.1) is 0 Å². The Balaban J connectivity index is 1.74. The molecular weight excluding hydrogens is 298 g/mol. The highest BCUT2D eigenvalue weighted by Gasteiger charge is 2.11. The minimum absolute atomic E-state index is 0.674.